The number of Topliss-reactive ketones (excluding diaryl/α,β-unsaturated/α-hetero) is 2. The quantitative estimate of drug-likeness (QED) is 0.759. The van der Waals surface area contributed by atoms with Gasteiger partial charge in [-0.05, 0) is 24.1 Å². The van der Waals surface area contributed by atoms with Gasteiger partial charge in [0.05, 0.1) is 17.8 Å². The molecule has 0 aliphatic carbocycles. The number of anilines is 1. The molecule has 94 valence electrons. The van der Waals surface area contributed by atoms with Gasteiger partial charge in [-0.3, -0.25) is 19.3 Å². The Labute approximate surface area is 106 Å². The van der Waals surface area contributed by atoms with Crippen molar-refractivity contribution in [3.63, 3.8) is 0 Å². The van der Waals surface area contributed by atoms with Crippen molar-refractivity contribution >= 4 is 23.2 Å². The zero-order valence-electron chi connectivity index (χ0n) is 10.5. The summed E-state index contributed by atoms with van der Waals surface area (Å²) >= 11 is 0. The molecule has 0 saturated heterocycles. The van der Waals surface area contributed by atoms with E-state index in [1.165, 1.54) is 4.90 Å². The fourth-order valence-electron chi connectivity index (χ4n) is 2.01. The van der Waals surface area contributed by atoms with Gasteiger partial charge in [-0.1, -0.05) is 19.9 Å². The summed E-state index contributed by atoms with van der Waals surface area (Å²) in [6.45, 7) is 3.71. The Balaban J connectivity index is 2.40. The Morgan fingerprint density at radius 3 is 2.56 bits per heavy atom. The number of hydrogen-bond donors (Lipinski definition) is 0. The van der Waals surface area contributed by atoms with Crippen LogP contribution in [0.2, 0.25) is 0 Å². The second-order valence-electron chi connectivity index (χ2n) is 4.32. The summed E-state index contributed by atoms with van der Waals surface area (Å²) in [4.78, 5) is 36.4. The van der Waals surface area contributed by atoms with Crippen LogP contribution >= 0.6 is 0 Å². The minimum absolute atomic E-state index is 0.0143. The molecule has 1 heterocycles. The van der Waals surface area contributed by atoms with Crippen molar-refractivity contribution in [2.45, 2.75) is 26.7 Å². The maximum absolute atomic E-state index is 11.8. The van der Waals surface area contributed by atoms with E-state index in [4.69, 9.17) is 0 Å². The van der Waals surface area contributed by atoms with Crippen LogP contribution in [0.3, 0.4) is 0 Å². The SMILES string of the molecule is CCC(=O)CN1C(=O)C(=O)c2cc(CC)ccc21. The number of carbonyl (C=O) groups is 3. The summed E-state index contributed by atoms with van der Waals surface area (Å²) in [6, 6.07) is 5.38. The van der Waals surface area contributed by atoms with Gasteiger partial charge in [-0.25, -0.2) is 0 Å². The summed E-state index contributed by atoms with van der Waals surface area (Å²) in [5.74, 6) is -1.16. The van der Waals surface area contributed by atoms with E-state index in [0.29, 0.717) is 17.7 Å². The van der Waals surface area contributed by atoms with Gasteiger partial charge in [0.15, 0.2) is 5.78 Å². The van der Waals surface area contributed by atoms with Gasteiger partial charge in [-0.2, -0.15) is 0 Å². The van der Waals surface area contributed by atoms with Crippen molar-refractivity contribution in [2.75, 3.05) is 11.4 Å². The van der Waals surface area contributed by atoms with Crippen LogP contribution in [-0.4, -0.2) is 24.0 Å². The Bertz CT molecular complexity index is 534. The highest BCUT2D eigenvalue weighted by Gasteiger charge is 2.36. The molecular formula is C14H15NO3. The number of hydrogen-bond acceptors (Lipinski definition) is 3. The van der Waals surface area contributed by atoms with E-state index in [-0.39, 0.29) is 12.3 Å². The third kappa shape index (κ3) is 1.94. The second-order valence-corrected chi connectivity index (χ2v) is 4.32. The molecule has 0 radical (unpaired) electrons. The van der Waals surface area contributed by atoms with Crippen molar-refractivity contribution < 1.29 is 14.4 Å². The van der Waals surface area contributed by atoms with E-state index in [0.717, 1.165) is 12.0 Å². The average Bonchev–Trinajstić information content (AvgIpc) is 2.63. The molecule has 0 atom stereocenters. The molecule has 4 nitrogen and oxygen atoms in total. The summed E-state index contributed by atoms with van der Waals surface area (Å²) in [6.07, 6.45) is 1.17. The zero-order valence-corrected chi connectivity index (χ0v) is 10.5. The zero-order chi connectivity index (χ0) is 13.3. The highest BCUT2D eigenvalue weighted by Crippen LogP contribution is 2.29. The summed E-state index contributed by atoms with van der Waals surface area (Å²) < 4.78 is 0. The van der Waals surface area contributed by atoms with Gasteiger partial charge in [-0.15, -0.1) is 0 Å². The van der Waals surface area contributed by atoms with Crippen LogP contribution in [0.4, 0.5) is 5.69 Å². The normalized spacial score (nSPS) is 14.0. The molecule has 0 N–H and O–H groups in total. The minimum Gasteiger partial charge on any atom is -0.298 e. The van der Waals surface area contributed by atoms with Gasteiger partial charge in [0.2, 0.25) is 0 Å². The highest BCUT2D eigenvalue weighted by molar-refractivity contribution is 6.52. The Hall–Kier alpha value is -1.97. The molecule has 18 heavy (non-hydrogen) atoms. The van der Waals surface area contributed by atoms with Crippen LogP contribution in [0.1, 0.15) is 36.2 Å². The van der Waals surface area contributed by atoms with Gasteiger partial charge < -0.3 is 0 Å². The van der Waals surface area contributed by atoms with Crippen molar-refractivity contribution in [2.24, 2.45) is 0 Å². The number of fused-ring (bicyclic) bond motifs is 1. The summed E-state index contributed by atoms with van der Waals surface area (Å²) in [5, 5.41) is 0. The van der Waals surface area contributed by atoms with Gasteiger partial charge in [0.1, 0.15) is 0 Å². The van der Waals surface area contributed by atoms with E-state index in [1.54, 1.807) is 19.1 Å². The van der Waals surface area contributed by atoms with Crippen LogP contribution in [0, 0.1) is 0 Å². The number of nitrogens with zero attached hydrogens (tertiary/aromatic N) is 1. The standard InChI is InChI=1S/C14H15NO3/c1-3-9-5-6-12-11(7-9)13(17)14(18)15(12)8-10(16)4-2/h5-7H,3-4,8H2,1-2H3. The Kier molecular flexibility index (Phi) is 3.28. The molecule has 1 aromatic rings. The Morgan fingerprint density at radius 1 is 1.22 bits per heavy atom. The third-order valence-electron chi connectivity index (χ3n) is 3.17. The molecule has 1 aliphatic rings. The molecule has 1 aliphatic heterocycles. The Morgan fingerprint density at radius 2 is 1.94 bits per heavy atom. The second kappa shape index (κ2) is 4.72. The molecule has 0 aromatic heterocycles. The molecule has 2 rings (SSSR count). The lowest BCUT2D eigenvalue weighted by atomic mass is 10.1. The number of aryl methyl sites for hydroxylation is 1. The largest absolute Gasteiger partial charge is 0.299 e. The predicted octanol–water partition coefficient (Wildman–Crippen LogP) is 1.76. The fraction of sp³-hybridized carbons (Fsp3) is 0.357. The lowest BCUT2D eigenvalue weighted by Crippen LogP contribution is -2.34. The molecule has 0 spiro atoms. The predicted molar refractivity (Wildman–Crippen MR) is 67.8 cm³/mol. The first-order valence-corrected chi connectivity index (χ1v) is 6.09. The molecule has 1 aromatic carbocycles. The summed E-state index contributed by atoms with van der Waals surface area (Å²) in [7, 11) is 0. The van der Waals surface area contributed by atoms with Gasteiger partial charge in [0, 0.05) is 6.42 Å². The van der Waals surface area contributed by atoms with E-state index in [2.05, 4.69) is 0 Å². The van der Waals surface area contributed by atoms with Crippen LogP contribution in [0.15, 0.2) is 18.2 Å². The maximum Gasteiger partial charge on any atom is 0.299 e. The number of amides is 1. The van der Waals surface area contributed by atoms with Crippen molar-refractivity contribution in [1.82, 2.24) is 0 Å². The van der Waals surface area contributed by atoms with Crippen LogP contribution in [0.25, 0.3) is 0 Å². The first-order valence-electron chi connectivity index (χ1n) is 6.09. The first kappa shape index (κ1) is 12.5. The lowest BCUT2D eigenvalue weighted by molar-refractivity contribution is -0.120. The number of benzene rings is 1. The van der Waals surface area contributed by atoms with Crippen molar-refractivity contribution in [3.8, 4) is 0 Å². The molecule has 0 fully saturated rings. The fourth-order valence-corrected chi connectivity index (χ4v) is 2.01. The molecule has 1 amide bonds. The monoisotopic (exact) mass is 245 g/mol. The van der Waals surface area contributed by atoms with Crippen molar-refractivity contribution in [1.29, 1.82) is 0 Å². The highest BCUT2D eigenvalue weighted by atomic mass is 16.2. The van der Waals surface area contributed by atoms with Crippen LogP contribution in [-0.2, 0) is 16.0 Å². The topological polar surface area (TPSA) is 54.5 Å². The number of rotatable bonds is 4. The van der Waals surface area contributed by atoms with Gasteiger partial charge in [0.25, 0.3) is 11.7 Å². The van der Waals surface area contributed by atoms with E-state index >= 15 is 0 Å². The van der Waals surface area contributed by atoms with E-state index < -0.39 is 11.7 Å². The summed E-state index contributed by atoms with van der Waals surface area (Å²) in [5.41, 5.74) is 1.99. The minimum atomic E-state index is -0.597. The van der Waals surface area contributed by atoms with Crippen molar-refractivity contribution in [3.05, 3.63) is 29.3 Å². The average molecular weight is 245 g/mol. The molecular weight excluding hydrogens is 230 g/mol. The van der Waals surface area contributed by atoms with E-state index in [9.17, 15) is 14.4 Å². The molecule has 0 saturated carbocycles. The third-order valence-corrected chi connectivity index (χ3v) is 3.17. The van der Waals surface area contributed by atoms with Crippen LogP contribution in [0.5, 0.6) is 0 Å². The molecule has 4 heteroatoms. The maximum atomic E-state index is 11.8. The lowest BCUT2D eigenvalue weighted by Gasteiger charge is -2.15. The van der Waals surface area contributed by atoms with Crippen LogP contribution < -0.4 is 4.90 Å². The van der Waals surface area contributed by atoms with Gasteiger partial charge >= 0.3 is 0 Å². The van der Waals surface area contributed by atoms with E-state index in [1.807, 2.05) is 13.0 Å². The molecule has 0 unspecified atom stereocenters. The molecule has 0 bridgehead atoms. The smallest absolute Gasteiger partial charge is 0.298 e. The first-order chi connectivity index (χ1) is 8.58. The number of carbonyl (C=O) groups excluding carboxylic acids is 3. The number of ketones is 2.